The molecular formula is C45H68N6O12. The molecule has 6 N–H and O–H groups in total. The summed E-state index contributed by atoms with van der Waals surface area (Å²) < 4.78 is 26.1. The number of carbonyl (C=O) groups is 7. The van der Waals surface area contributed by atoms with Crippen LogP contribution in [0.4, 0.5) is 19.2 Å². The minimum absolute atomic E-state index is 0.102. The number of hydrogen-bond acceptors (Lipinski definition) is 12. The van der Waals surface area contributed by atoms with Gasteiger partial charge < -0.3 is 55.6 Å². The molecule has 0 aliphatic heterocycles. The van der Waals surface area contributed by atoms with Gasteiger partial charge in [0.2, 0.25) is 11.8 Å². The van der Waals surface area contributed by atoms with E-state index in [0.717, 1.165) is 11.1 Å². The third-order valence-corrected chi connectivity index (χ3v) is 8.83. The second kappa shape index (κ2) is 28.5. The van der Waals surface area contributed by atoms with Crippen molar-refractivity contribution >= 4 is 42.2 Å². The Kier molecular flexibility index (Phi) is 24.0. The van der Waals surface area contributed by atoms with Crippen molar-refractivity contribution in [2.24, 2.45) is 0 Å². The molecule has 6 amide bonds. The molecule has 0 aliphatic rings. The van der Waals surface area contributed by atoms with Crippen LogP contribution in [0.15, 0.2) is 60.7 Å². The lowest BCUT2D eigenvalue weighted by molar-refractivity contribution is -0.145. The maximum atomic E-state index is 13.9. The number of esters is 1. The molecule has 0 heterocycles. The van der Waals surface area contributed by atoms with E-state index >= 15 is 0 Å². The van der Waals surface area contributed by atoms with Crippen LogP contribution in [0.2, 0.25) is 0 Å². The van der Waals surface area contributed by atoms with Crippen LogP contribution in [0.5, 0.6) is 0 Å². The summed E-state index contributed by atoms with van der Waals surface area (Å²) in [7, 11) is 1.19. The number of methoxy groups -OCH3 is 1. The average molecular weight is 885 g/mol. The van der Waals surface area contributed by atoms with E-state index in [1.54, 1.807) is 41.5 Å². The van der Waals surface area contributed by atoms with Crippen molar-refractivity contribution in [2.45, 2.75) is 142 Å². The van der Waals surface area contributed by atoms with Crippen LogP contribution < -0.4 is 31.9 Å². The summed E-state index contributed by atoms with van der Waals surface area (Å²) in [5, 5.41) is 16.1. The topological polar surface area (TPSA) is 238 Å². The van der Waals surface area contributed by atoms with Crippen molar-refractivity contribution in [3.63, 3.8) is 0 Å². The molecule has 18 nitrogen and oxygen atoms in total. The largest absolute Gasteiger partial charge is 0.467 e. The maximum Gasteiger partial charge on any atom is 0.408 e. The zero-order chi connectivity index (χ0) is 46.7. The highest BCUT2D eigenvalue weighted by Crippen LogP contribution is 2.12. The van der Waals surface area contributed by atoms with Crippen LogP contribution in [0, 0.1) is 0 Å². The Hall–Kier alpha value is -6.07. The van der Waals surface area contributed by atoms with Gasteiger partial charge in [-0.05, 0) is 110 Å². The smallest absolute Gasteiger partial charge is 0.408 e. The summed E-state index contributed by atoms with van der Waals surface area (Å²) in [6, 6.07) is 15.0. The average Bonchev–Trinajstić information content (AvgIpc) is 3.22. The first-order valence-corrected chi connectivity index (χ1v) is 21.4. The van der Waals surface area contributed by atoms with Crippen LogP contribution in [0.1, 0.15) is 110 Å². The number of nitrogens with one attached hydrogen (secondary N) is 6. The van der Waals surface area contributed by atoms with Crippen molar-refractivity contribution in [2.75, 3.05) is 26.7 Å². The lowest BCUT2D eigenvalue weighted by atomic mass is 10.0. The standard InChI is InChI=1S/C45H68N6O12/c1-44(2,3)62-42(57)48-29-18-14-24-34(37(52)50-36(39(54)59-7)26-16-19-28-47-41(56)61-31-33-22-12-9-13-23-33)49-38(53)35(51-43(58)63-45(4,5)6)25-15-17-27-46-40(55)60-30-32-20-10-8-11-21-32/h8-13,20-23,34-36H,14-19,24-31H2,1-7H3,(H,46,55)(H,47,56)(H,48,57)(H,49,53)(H,50,52)(H,51,58)/t34-,35-,36-/m0/s1. The molecule has 0 bridgehead atoms. The van der Waals surface area contributed by atoms with E-state index in [-0.39, 0.29) is 52.1 Å². The van der Waals surface area contributed by atoms with Gasteiger partial charge in [0.1, 0.15) is 42.5 Å². The second-order valence-electron chi connectivity index (χ2n) is 16.7. The van der Waals surface area contributed by atoms with E-state index in [0.29, 0.717) is 38.5 Å². The van der Waals surface area contributed by atoms with E-state index in [9.17, 15) is 33.6 Å². The predicted octanol–water partition coefficient (Wildman–Crippen LogP) is 5.91. The van der Waals surface area contributed by atoms with E-state index in [1.165, 1.54) is 7.11 Å². The SMILES string of the molecule is COC(=O)[C@H](CCCCNC(=O)OCc1ccccc1)NC(=O)[C@H](CCCCNC(=O)OC(C)(C)C)NC(=O)[C@H](CCCCNC(=O)OCc1ccccc1)NC(=O)OC(C)(C)C. The van der Waals surface area contributed by atoms with Crippen molar-refractivity contribution in [3.05, 3.63) is 71.8 Å². The van der Waals surface area contributed by atoms with Crippen LogP contribution in [-0.2, 0) is 51.3 Å². The third kappa shape index (κ3) is 25.5. The number of rotatable bonds is 25. The molecule has 63 heavy (non-hydrogen) atoms. The maximum absolute atomic E-state index is 13.9. The van der Waals surface area contributed by atoms with Crippen LogP contribution in [-0.4, -0.2) is 98.2 Å². The fourth-order valence-corrected chi connectivity index (χ4v) is 5.78. The zero-order valence-electron chi connectivity index (χ0n) is 37.8. The minimum atomic E-state index is -1.17. The third-order valence-electron chi connectivity index (χ3n) is 8.83. The molecule has 0 aromatic heterocycles. The molecule has 18 heteroatoms. The van der Waals surface area contributed by atoms with Gasteiger partial charge in [-0.3, -0.25) is 9.59 Å². The molecule has 0 radical (unpaired) electrons. The highest BCUT2D eigenvalue weighted by Gasteiger charge is 2.31. The summed E-state index contributed by atoms with van der Waals surface area (Å²) in [6.45, 7) is 11.2. The van der Waals surface area contributed by atoms with Gasteiger partial charge in [0.25, 0.3) is 0 Å². The number of alkyl carbamates (subject to hydrolysis) is 4. The van der Waals surface area contributed by atoms with Crippen molar-refractivity contribution < 1.29 is 57.2 Å². The summed E-state index contributed by atoms with van der Waals surface area (Å²) >= 11 is 0. The van der Waals surface area contributed by atoms with Gasteiger partial charge >= 0.3 is 30.3 Å². The van der Waals surface area contributed by atoms with Gasteiger partial charge in [-0.15, -0.1) is 0 Å². The Bertz CT molecular complexity index is 1720. The highest BCUT2D eigenvalue weighted by atomic mass is 16.6. The Balaban J connectivity index is 2.08. The molecule has 2 aromatic carbocycles. The van der Waals surface area contributed by atoms with Crippen molar-refractivity contribution in [1.82, 2.24) is 31.9 Å². The van der Waals surface area contributed by atoms with Gasteiger partial charge in [-0.25, -0.2) is 24.0 Å². The number of hydrogen-bond donors (Lipinski definition) is 6. The van der Waals surface area contributed by atoms with Gasteiger partial charge in [0.05, 0.1) is 7.11 Å². The van der Waals surface area contributed by atoms with Gasteiger partial charge in [-0.1, -0.05) is 60.7 Å². The van der Waals surface area contributed by atoms with Crippen LogP contribution in [0.3, 0.4) is 0 Å². The Morgan fingerprint density at radius 1 is 0.476 bits per heavy atom. The van der Waals surface area contributed by atoms with E-state index < -0.39 is 71.5 Å². The molecule has 0 saturated heterocycles. The molecule has 0 fully saturated rings. The molecule has 3 atom stereocenters. The predicted molar refractivity (Wildman–Crippen MR) is 234 cm³/mol. The fourth-order valence-electron chi connectivity index (χ4n) is 5.78. The molecule has 2 aromatic rings. The summed E-state index contributed by atoms with van der Waals surface area (Å²) in [4.78, 5) is 90.1. The molecule has 0 aliphatic carbocycles. The zero-order valence-corrected chi connectivity index (χ0v) is 37.8. The van der Waals surface area contributed by atoms with Crippen LogP contribution >= 0.6 is 0 Å². The van der Waals surface area contributed by atoms with Gasteiger partial charge in [0.15, 0.2) is 0 Å². The fraction of sp³-hybridized carbons (Fsp3) is 0.578. The molecule has 0 unspecified atom stereocenters. The number of ether oxygens (including phenoxy) is 5. The summed E-state index contributed by atoms with van der Waals surface area (Å²) in [6.07, 6.45) is 0.210. The molecule has 0 saturated carbocycles. The summed E-state index contributed by atoms with van der Waals surface area (Å²) in [5.41, 5.74) is 0.126. The van der Waals surface area contributed by atoms with Gasteiger partial charge in [-0.2, -0.15) is 0 Å². The molecule has 2 rings (SSSR count). The number of carbonyl (C=O) groups excluding carboxylic acids is 7. The highest BCUT2D eigenvalue weighted by molar-refractivity contribution is 5.93. The number of unbranched alkanes of at least 4 members (excludes halogenated alkanes) is 3. The number of benzene rings is 2. The Labute approximate surface area is 371 Å². The molecule has 0 spiro atoms. The minimum Gasteiger partial charge on any atom is -0.467 e. The first-order valence-electron chi connectivity index (χ1n) is 21.4. The van der Waals surface area contributed by atoms with Gasteiger partial charge in [0, 0.05) is 19.6 Å². The quantitative estimate of drug-likeness (QED) is 0.0388. The Morgan fingerprint density at radius 2 is 0.841 bits per heavy atom. The lowest BCUT2D eigenvalue weighted by Crippen LogP contribution is -2.56. The van der Waals surface area contributed by atoms with E-state index in [4.69, 9.17) is 23.7 Å². The molecule has 350 valence electrons. The number of amides is 6. The molecular weight excluding hydrogens is 817 g/mol. The first-order chi connectivity index (χ1) is 29.8. The van der Waals surface area contributed by atoms with Crippen LogP contribution in [0.25, 0.3) is 0 Å². The lowest BCUT2D eigenvalue weighted by Gasteiger charge is -2.26. The summed E-state index contributed by atoms with van der Waals surface area (Å²) in [5.74, 6) is -2.05. The first kappa shape index (κ1) is 53.1. The van der Waals surface area contributed by atoms with E-state index in [2.05, 4.69) is 31.9 Å². The normalized spacial score (nSPS) is 12.6. The van der Waals surface area contributed by atoms with Crippen molar-refractivity contribution in [3.8, 4) is 0 Å². The Morgan fingerprint density at radius 3 is 1.25 bits per heavy atom. The van der Waals surface area contributed by atoms with E-state index in [1.807, 2.05) is 60.7 Å². The van der Waals surface area contributed by atoms with Crippen molar-refractivity contribution in [1.29, 1.82) is 0 Å². The monoisotopic (exact) mass is 884 g/mol. The second-order valence-corrected chi connectivity index (χ2v) is 16.7.